The highest BCUT2D eigenvalue weighted by Crippen LogP contribution is 2.37. The van der Waals surface area contributed by atoms with E-state index < -0.39 is 11.4 Å². The summed E-state index contributed by atoms with van der Waals surface area (Å²) in [7, 11) is 0. The number of carboxylic acid groups (broad SMARTS) is 1. The molecule has 1 saturated carbocycles. The standard InChI is InChI=1S/C14H17FO3/c1-14(2,8-13(16)17)11-7-9(15)3-6-12(11)18-10-4-5-10/h3,6-7,10H,4-5,8H2,1-2H3,(H,16,17). The molecular weight excluding hydrogens is 235 g/mol. The van der Waals surface area contributed by atoms with Gasteiger partial charge in [0.05, 0.1) is 12.5 Å². The van der Waals surface area contributed by atoms with Gasteiger partial charge in [0.25, 0.3) is 0 Å². The van der Waals surface area contributed by atoms with Crippen molar-refractivity contribution in [2.24, 2.45) is 0 Å². The van der Waals surface area contributed by atoms with Crippen molar-refractivity contribution >= 4 is 5.97 Å². The molecule has 3 nitrogen and oxygen atoms in total. The van der Waals surface area contributed by atoms with Crippen LogP contribution in [-0.2, 0) is 10.2 Å². The Bertz CT molecular complexity index is 464. The zero-order valence-corrected chi connectivity index (χ0v) is 10.6. The maximum atomic E-state index is 13.4. The molecule has 4 heteroatoms. The van der Waals surface area contributed by atoms with Crippen molar-refractivity contribution in [2.75, 3.05) is 0 Å². The van der Waals surface area contributed by atoms with E-state index in [1.54, 1.807) is 19.9 Å². The molecule has 0 spiro atoms. The number of rotatable bonds is 5. The largest absolute Gasteiger partial charge is 0.490 e. The third-order valence-corrected chi connectivity index (χ3v) is 3.08. The molecule has 18 heavy (non-hydrogen) atoms. The highest BCUT2D eigenvalue weighted by atomic mass is 19.1. The van der Waals surface area contributed by atoms with E-state index in [2.05, 4.69) is 0 Å². The minimum atomic E-state index is -0.901. The van der Waals surface area contributed by atoms with Gasteiger partial charge < -0.3 is 9.84 Å². The molecule has 1 aliphatic carbocycles. The van der Waals surface area contributed by atoms with E-state index in [0.29, 0.717) is 11.3 Å². The lowest BCUT2D eigenvalue weighted by Gasteiger charge is -2.26. The SMILES string of the molecule is CC(C)(CC(=O)O)c1cc(F)ccc1OC1CC1. The number of benzene rings is 1. The third-order valence-electron chi connectivity index (χ3n) is 3.08. The molecule has 1 N–H and O–H groups in total. The van der Waals surface area contributed by atoms with Crippen LogP contribution < -0.4 is 4.74 Å². The minimum Gasteiger partial charge on any atom is -0.490 e. The van der Waals surface area contributed by atoms with Gasteiger partial charge in [-0.05, 0) is 31.0 Å². The number of halogens is 1. The molecule has 0 amide bonds. The summed E-state index contributed by atoms with van der Waals surface area (Å²) in [6.07, 6.45) is 2.17. The van der Waals surface area contributed by atoms with Crippen LogP contribution in [0.1, 0.15) is 38.7 Å². The molecular formula is C14H17FO3. The summed E-state index contributed by atoms with van der Waals surface area (Å²) in [6.45, 7) is 3.57. The van der Waals surface area contributed by atoms with Gasteiger partial charge in [-0.25, -0.2) is 4.39 Å². The molecule has 1 aliphatic rings. The van der Waals surface area contributed by atoms with Crippen molar-refractivity contribution in [1.82, 2.24) is 0 Å². The Morgan fingerprint density at radius 1 is 1.50 bits per heavy atom. The topological polar surface area (TPSA) is 46.5 Å². The Kier molecular flexibility index (Phi) is 3.28. The van der Waals surface area contributed by atoms with Crippen LogP contribution in [0.3, 0.4) is 0 Å². The van der Waals surface area contributed by atoms with E-state index in [9.17, 15) is 9.18 Å². The van der Waals surface area contributed by atoms with Crippen LogP contribution in [0.15, 0.2) is 18.2 Å². The number of aliphatic carboxylic acids is 1. The molecule has 98 valence electrons. The second-order valence-electron chi connectivity index (χ2n) is 5.41. The van der Waals surface area contributed by atoms with Gasteiger partial charge >= 0.3 is 5.97 Å². The molecule has 1 fully saturated rings. The molecule has 0 bridgehead atoms. The lowest BCUT2D eigenvalue weighted by atomic mass is 9.81. The van der Waals surface area contributed by atoms with E-state index in [4.69, 9.17) is 9.84 Å². The molecule has 1 aromatic rings. The Morgan fingerprint density at radius 3 is 2.72 bits per heavy atom. The molecule has 0 aliphatic heterocycles. The van der Waals surface area contributed by atoms with Crippen LogP contribution in [0.25, 0.3) is 0 Å². The monoisotopic (exact) mass is 252 g/mol. The Labute approximate surface area is 106 Å². The number of carbonyl (C=O) groups is 1. The first-order valence-corrected chi connectivity index (χ1v) is 6.07. The maximum Gasteiger partial charge on any atom is 0.304 e. The fraction of sp³-hybridized carbons (Fsp3) is 0.500. The second-order valence-corrected chi connectivity index (χ2v) is 5.41. The zero-order chi connectivity index (χ0) is 13.3. The summed E-state index contributed by atoms with van der Waals surface area (Å²) in [6, 6.07) is 4.31. The Hall–Kier alpha value is -1.58. The Balaban J connectivity index is 2.33. The summed E-state index contributed by atoms with van der Waals surface area (Å²) in [4.78, 5) is 10.9. The summed E-state index contributed by atoms with van der Waals surface area (Å²) in [5.74, 6) is -0.668. The van der Waals surface area contributed by atoms with Crippen LogP contribution in [-0.4, -0.2) is 17.2 Å². The lowest BCUT2D eigenvalue weighted by Crippen LogP contribution is -2.23. The third kappa shape index (κ3) is 3.00. The molecule has 2 rings (SSSR count). The molecule has 1 aromatic carbocycles. The van der Waals surface area contributed by atoms with Gasteiger partial charge in [-0.1, -0.05) is 13.8 Å². The molecule has 0 saturated heterocycles. The van der Waals surface area contributed by atoms with Gasteiger partial charge in [-0.3, -0.25) is 4.79 Å². The van der Waals surface area contributed by atoms with Crippen LogP contribution in [0.5, 0.6) is 5.75 Å². The second kappa shape index (κ2) is 4.59. The van der Waals surface area contributed by atoms with E-state index in [0.717, 1.165) is 12.8 Å². The molecule has 0 radical (unpaired) electrons. The maximum absolute atomic E-state index is 13.4. The van der Waals surface area contributed by atoms with E-state index in [-0.39, 0.29) is 18.3 Å². The first-order chi connectivity index (χ1) is 8.38. The van der Waals surface area contributed by atoms with Gasteiger partial charge in [0.15, 0.2) is 0 Å². The van der Waals surface area contributed by atoms with Crippen molar-refractivity contribution in [3.63, 3.8) is 0 Å². The number of carboxylic acids is 1. The van der Waals surface area contributed by atoms with Gasteiger partial charge in [-0.2, -0.15) is 0 Å². The van der Waals surface area contributed by atoms with Crippen LogP contribution in [0.2, 0.25) is 0 Å². The fourth-order valence-corrected chi connectivity index (χ4v) is 1.97. The highest BCUT2D eigenvalue weighted by Gasteiger charge is 2.31. The number of hydrogen-bond donors (Lipinski definition) is 1. The Morgan fingerprint density at radius 2 is 2.17 bits per heavy atom. The number of ether oxygens (including phenoxy) is 1. The van der Waals surface area contributed by atoms with Crippen molar-refractivity contribution in [2.45, 2.75) is 44.6 Å². The first kappa shape index (κ1) is 12.9. The van der Waals surface area contributed by atoms with E-state index in [1.165, 1.54) is 12.1 Å². The zero-order valence-electron chi connectivity index (χ0n) is 10.6. The van der Waals surface area contributed by atoms with Crippen molar-refractivity contribution < 1.29 is 19.0 Å². The molecule has 0 aromatic heterocycles. The summed E-state index contributed by atoms with van der Waals surface area (Å²) in [5, 5.41) is 8.93. The van der Waals surface area contributed by atoms with Crippen molar-refractivity contribution in [3.05, 3.63) is 29.6 Å². The smallest absolute Gasteiger partial charge is 0.304 e. The van der Waals surface area contributed by atoms with Gasteiger partial charge in [-0.15, -0.1) is 0 Å². The summed E-state index contributed by atoms with van der Waals surface area (Å²) < 4.78 is 19.1. The lowest BCUT2D eigenvalue weighted by molar-refractivity contribution is -0.138. The highest BCUT2D eigenvalue weighted by molar-refractivity contribution is 5.69. The van der Waals surface area contributed by atoms with Gasteiger partial charge in [0.2, 0.25) is 0 Å². The van der Waals surface area contributed by atoms with E-state index in [1.807, 2.05) is 0 Å². The average molecular weight is 252 g/mol. The number of hydrogen-bond acceptors (Lipinski definition) is 2. The van der Waals surface area contributed by atoms with Gasteiger partial charge in [0.1, 0.15) is 11.6 Å². The van der Waals surface area contributed by atoms with Crippen molar-refractivity contribution in [1.29, 1.82) is 0 Å². The normalized spacial score (nSPS) is 15.5. The van der Waals surface area contributed by atoms with E-state index >= 15 is 0 Å². The predicted octanol–water partition coefficient (Wildman–Crippen LogP) is 3.12. The summed E-state index contributed by atoms with van der Waals surface area (Å²) >= 11 is 0. The minimum absolute atomic E-state index is 0.0581. The predicted molar refractivity (Wildman–Crippen MR) is 65.3 cm³/mol. The van der Waals surface area contributed by atoms with Gasteiger partial charge in [0, 0.05) is 11.0 Å². The molecule has 0 unspecified atom stereocenters. The van der Waals surface area contributed by atoms with Crippen molar-refractivity contribution in [3.8, 4) is 5.75 Å². The molecule has 0 atom stereocenters. The molecule has 0 heterocycles. The fourth-order valence-electron chi connectivity index (χ4n) is 1.97. The van der Waals surface area contributed by atoms with Crippen LogP contribution >= 0.6 is 0 Å². The average Bonchev–Trinajstić information content (AvgIpc) is 3.02. The quantitative estimate of drug-likeness (QED) is 0.875. The van der Waals surface area contributed by atoms with Crippen LogP contribution in [0, 0.1) is 5.82 Å². The van der Waals surface area contributed by atoms with Crippen LogP contribution in [0.4, 0.5) is 4.39 Å². The first-order valence-electron chi connectivity index (χ1n) is 6.07. The summed E-state index contributed by atoms with van der Waals surface area (Å²) in [5.41, 5.74) is -0.0326.